The molecule has 2 rings (SSSR count). The lowest BCUT2D eigenvalue weighted by molar-refractivity contribution is 0.295. The van der Waals surface area contributed by atoms with Gasteiger partial charge in [-0.3, -0.25) is 0 Å². The molecule has 0 saturated carbocycles. The number of aromatic nitrogens is 2. The molecule has 0 saturated heterocycles. The molecule has 1 aromatic carbocycles. The van der Waals surface area contributed by atoms with E-state index in [9.17, 15) is 4.39 Å². The van der Waals surface area contributed by atoms with Gasteiger partial charge in [0, 0.05) is 18.5 Å². The first-order valence-corrected chi connectivity index (χ1v) is 4.21. The number of hydrogen-bond acceptors (Lipinski definition) is 2. The first-order valence-electron chi connectivity index (χ1n) is 4.21. The van der Waals surface area contributed by atoms with Crippen LogP contribution in [0.1, 0.15) is 5.82 Å². The maximum atomic E-state index is 12.7. The summed E-state index contributed by atoms with van der Waals surface area (Å²) < 4.78 is 18.0. The van der Waals surface area contributed by atoms with Gasteiger partial charge in [0.25, 0.3) is 0 Å². The van der Waals surface area contributed by atoms with Crippen molar-refractivity contribution in [1.29, 1.82) is 0 Å². The predicted octanol–water partition coefficient (Wildman–Crippen LogP) is 2.13. The number of hydrogen-bond donors (Lipinski definition) is 1. The molecule has 3 nitrogen and oxygen atoms in total. The Morgan fingerprint density at radius 1 is 1.43 bits per heavy atom. The summed E-state index contributed by atoms with van der Waals surface area (Å²) in [4.78, 5) is 6.87. The van der Waals surface area contributed by atoms with Gasteiger partial charge < -0.3 is 9.72 Å². The SMILES string of the molecule is Fc1cccc(OCc2ncc[nH]2)c1. The number of halogens is 1. The van der Waals surface area contributed by atoms with Gasteiger partial charge in [0.15, 0.2) is 0 Å². The van der Waals surface area contributed by atoms with Crippen LogP contribution < -0.4 is 4.74 Å². The number of H-pyrrole nitrogens is 1. The second-order valence-electron chi connectivity index (χ2n) is 2.78. The Bertz CT molecular complexity index is 400. The van der Waals surface area contributed by atoms with E-state index in [4.69, 9.17) is 4.74 Å². The van der Waals surface area contributed by atoms with Crippen molar-refractivity contribution in [1.82, 2.24) is 9.97 Å². The van der Waals surface area contributed by atoms with Crippen LogP contribution in [-0.2, 0) is 6.61 Å². The minimum absolute atomic E-state index is 0.304. The first-order chi connectivity index (χ1) is 6.84. The van der Waals surface area contributed by atoms with Gasteiger partial charge in [0.05, 0.1) is 0 Å². The third kappa shape index (κ3) is 2.10. The highest BCUT2D eigenvalue weighted by Gasteiger charge is 1.98. The van der Waals surface area contributed by atoms with E-state index in [1.165, 1.54) is 12.1 Å². The third-order valence-corrected chi connectivity index (χ3v) is 1.73. The summed E-state index contributed by atoms with van der Waals surface area (Å²) >= 11 is 0. The molecule has 0 aliphatic heterocycles. The Hall–Kier alpha value is -1.84. The molecule has 0 atom stereocenters. The molecule has 0 aliphatic carbocycles. The van der Waals surface area contributed by atoms with Crippen LogP contribution in [0.5, 0.6) is 5.75 Å². The summed E-state index contributed by atoms with van der Waals surface area (Å²) in [7, 11) is 0. The van der Waals surface area contributed by atoms with Crippen LogP contribution in [0.3, 0.4) is 0 Å². The Balaban J connectivity index is 1.98. The van der Waals surface area contributed by atoms with Gasteiger partial charge in [-0.1, -0.05) is 6.07 Å². The summed E-state index contributed by atoms with van der Waals surface area (Å²) in [6.45, 7) is 0.316. The molecule has 1 N–H and O–H groups in total. The second kappa shape index (κ2) is 3.91. The highest BCUT2D eigenvalue weighted by molar-refractivity contribution is 5.22. The Morgan fingerprint density at radius 3 is 3.07 bits per heavy atom. The van der Waals surface area contributed by atoms with E-state index in [0.29, 0.717) is 18.2 Å². The van der Waals surface area contributed by atoms with Gasteiger partial charge in [0.1, 0.15) is 24.0 Å². The van der Waals surface area contributed by atoms with Crippen molar-refractivity contribution in [2.75, 3.05) is 0 Å². The van der Waals surface area contributed by atoms with Gasteiger partial charge in [0.2, 0.25) is 0 Å². The largest absolute Gasteiger partial charge is 0.486 e. The van der Waals surface area contributed by atoms with E-state index in [-0.39, 0.29) is 5.82 Å². The van der Waals surface area contributed by atoms with Gasteiger partial charge in [-0.25, -0.2) is 9.37 Å². The molecule has 4 heteroatoms. The molecule has 0 radical (unpaired) electrons. The summed E-state index contributed by atoms with van der Waals surface area (Å²) in [5.41, 5.74) is 0. The third-order valence-electron chi connectivity index (χ3n) is 1.73. The van der Waals surface area contributed by atoms with Gasteiger partial charge >= 0.3 is 0 Å². The molecular formula is C10H9FN2O. The monoisotopic (exact) mass is 192 g/mol. The minimum atomic E-state index is -0.304. The topological polar surface area (TPSA) is 37.9 Å². The van der Waals surface area contributed by atoms with E-state index in [1.807, 2.05) is 0 Å². The van der Waals surface area contributed by atoms with Crippen molar-refractivity contribution >= 4 is 0 Å². The number of rotatable bonds is 3. The fourth-order valence-electron chi connectivity index (χ4n) is 1.09. The Labute approximate surface area is 80.6 Å². The second-order valence-corrected chi connectivity index (χ2v) is 2.78. The number of imidazole rings is 1. The lowest BCUT2D eigenvalue weighted by atomic mass is 10.3. The predicted molar refractivity (Wildman–Crippen MR) is 49.3 cm³/mol. The van der Waals surface area contributed by atoms with Gasteiger partial charge in [-0.05, 0) is 12.1 Å². The maximum absolute atomic E-state index is 12.7. The standard InChI is InChI=1S/C10H9FN2O/c11-8-2-1-3-9(6-8)14-7-10-12-4-5-13-10/h1-6H,7H2,(H,12,13). The zero-order valence-electron chi connectivity index (χ0n) is 7.40. The van der Waals surface area contributed by atoms with Gasteiger partial charge in [-0.2, -0.15) is 0 Å². The number of ether oxygens (including phenoxy) is 1. The number of nitrogens with one attached hydrogen (secondary N) is 1. The van der Waals surface area contributed by atoms with E-state index in [2.05, 4.69) is 9.97 Å². The molecule has 1 aromatic heterocycles. The van der Waals surface area contributed by atoms with Gasteiger partial charge in [-0.15, -0.1) is 0 Å². The number of nitrogens with zero attached hydrogens (tertiary/aromatic N) is 1. The zero-order valence-corrected chi connectivity index (χ0v) is 7.40. The summed E-state index contributed by atoms with van der Waals surface area (Å²) in [5, 5.41) is 0. The summed E-state index contributed by atoms with van der Waals surface area (Å²) in [6.07, 6.45) is 3.36. The molecule has 0 amide bonds. The molecule has 72 valence electrons. The van der Waals surface area contributed by atoms with Crippen molar-refractivity contribution < 1.29 is 9.13 Å². The van der Waals surface area contributed by atoms with Crippen molar-refractivity contribution in [3.8, 4) is 5.75 Å². The van der Waals surface area contributed by atoms with Crippen LogP contribution in [0.2, 0.25) is 0 Å². The summed E-state index contributed by atoms with van der Waals surface area (Å²) in [6, 6.07) is 6.02. The number of benzene rings is 1. The van der Waals surface area contributed by atoms with Crippen molar-refractivity contribution in [3.05, 3.63) is 48.3 Å². The molecule has 1 heterocycles. The van der Waals surface area contributed by atoms with Crippen LogP contribution in [-0.4, -0.2) is 9.97 Å². The van der Waals surface area contributed by atoms with E-state index < -0.39 is 0 Å². The fourth-order valence-corrected chi connectivity index (χ4v) is 1.09. The highest BCUT2D eigenvalue weighted by Crippen LogP contribution is 2.12. The average molecular weight is 192 g/mol. The van der Waals surface area contributed by atoms with Crippen molar-refractivity contribution in [3.63, 3.8) is 0 Å². The molecule has 2 aromatic rings. The molecular weight excluding hydrogens is 183 g/mol. The lowest BCUT2D eigenvalue weighted by Crippen LogP contribution is -1.97. The molecule has 0 aliphatic rings. The molecule has 0 bridgehead atoms. The summed E-state index contributed by atoms with van der Waals surface area (Å²) in [5.74, 6) is 0.914. The quantitative estimate of drug-likeness (QED) is 0.808. The maximum Gasteiger partial charge on any atom is 0.146 e. The van der Waals surface area contributed by atoms with E-state index in [0.717, 1.165) is 0 Å². The minimum Gasteiger partial charge on any atom is -0.486 e. The highest BCUT2D eigenvalue weighted by atomic mass is 19.1. The van der Waals surface area contributed by atoms with Crippen LogP contribution >= 0.6 is 0 Å². The molecule has 0 spiro atoms. The smallest absolute Gasteiger partial charge is 0.146 e. The lowest BCUT2D eigenvalue weighted by Gasteiger charge is -2.03. The van der Waals surface area contributed by atoms with E-state index in [1.54, 1.807) is 24.5 Å². The van der Waals surface area contributed by atoms with E-state index >= 15 is 0 Å². The van der Waals surface area contributed by atoms with Crippen molar-refractivity contribution in [2.24, 2.45) is 0 Å². The normalized spacial score (nSPS) is 10.1. The molecule has 0 fully saturated rings. The first kappa shape index (κ1) is 8.74. The zero-order chi connectivity index (χ0) is 9.80. The Morgan fingerprint density at radius 2 is 2.36 bits per heavy atom. The average Bonchev–Trinajstić information content (AvgIpc) is 2.67. The van der Waals surface area contributed by atoms with Crippen molar-refractivity contribution in [2.45, 2.75) is 6.61 Å². The van der Waals surface area contributed by atoms with Crippen LogP contribution in [0.15, 0.2) is 36.7 Å². The van der Waals surface area contributed by atoms with Crippen LogP contribution in [0.25, 0.3) is 0 Å². The molecule has 0 unspecified atom stereocenters. The number of aromatic amines is 1. The fraction of sp³-hybridized carbons (Fsp3) is 0.100. The Kier molecular flexibility index (Phi) is 2.44. The van der Waals surface area contributed by atoms with Crippen LogP contribution in [0.4, 0.5) is 4.39 Å². The molecule has 14 heavy (non-hydrogen) atoms. The van der Waals surface area contributed by atoms with Crippen LogP contribution in [0, 0.1) is 5.82 Å².